The smallest absolute Gasteiger partial charge is 0.0308 e. The lowest BCUT2D eigenvalue weighted by atomic mass is 9.95. The summed E-state index contributed by atoms with van der Waals surface area (Å²) in [6.45, 7) is 12.1. The summed E-state index contributed by atoms with van der Waals surface area (Å²) < 4.78 is 0. The minimum absolute atomic E-state index is 0.355. The monoisotopic (exact) mass is 208 g/mol. The molecule has 2 atom stereocenters. The van der Waals surface area contributed by atoms with Crippen molar-refractivity contribution < 1.29 is 0 Å². The fraction of sp³-hybridized carbons (Fsp3) is 0.846. The van der Waals surface area contributed by atoms with Crippen LogP contribution in [-0.2, 0) is 0 Å². The Labute approximate surface area is 93.7 Å². The Morgan fingerprint density at radius 2 is 2.27 bits per heavy atom. The van der Waals surface area contributed by atoms with Crippen LogP contribution in [0.1, 0.15) is 33.1 Å². The van der Waals surface area contributed by atoms with Crippen molar-refractivity contribution in [3.8, 4) is 0 Å². The first kappa shape index (κ1) is 11.2. The van der Waals surface area contributed by atoms with Crippen molar-refractivity contribution in [2.75, 3.05) is 19.6 Å². The Morgan fingerprint density at radius 3 is 2.87 bits per heavy atom. The summed E-state index contributed by atoms with van der Waals surface area (Å²) >= 11 is 0. The first-order valence-corrected chi connectivity index (χ1v) is 6.27. The van der Waals surface area contributed by atoms with Crippen LogP contribution in [0.15, 0.2) is 12.7 Å². The normalized spacial score (nSPS) is 35.9. The SMILES string of the molecule is C=CC(C)N1CCCNC(C)(C2CC2)C1. The van der Waals surface area contributed by atoms with E-state index in [1.165, 1.54) is 38.9 Å². The van der Waals surface area contributed by atoms with Crippen LogP contribution in [0.25, 0.3) is 0 Å². The van der Waals surface area contributed by atoms with Crippen molar-refractivity contribution >= 4 is 0 Å². The molecular formula is C13H24N2. The van der Waals surface area contributed by atoms with Gasteiger partial charge in [-0.2, -0.15) is 0 Å². The van der Waals surface area contributed by atoms with Gasteiger partial charge < -0.3 is 5.32 Å². The van der Waals surface area contributed by atoms with E-state index < -0.39 is 0 Å². The molecule has 86 valence electrons. The van der Waals surface area contributed by atoms with Gasteiger partial charge in [0.25, 0.3) is 0 Å². The third-order valence-electron chi connectivity index (χ3n) is 4.08. The highest BCUT2D eigenvalue weighted by Crippen LogP contribution is 2.40. The number of hydrogen-bond donors (Lipinski definition) is 1. The van der Waals surface area contributed by atoms with Gasteiger partial charge in [0.05, 0.1) is 0 Å². The molecule has 2 nitrogen and oxygen atoms in total. The summed E-state index contributed by atoms with van der Waals surface area (Å²) in [7, 11) is 0. The molecule has 2 aliphatic rings. The van der Waals surface area contributed by atoms with Crippen LogP contribution in [0.2, 0.25) is 0 Å². The van der Waals surface area contributed by atoms with Crippen molar-refractivity contribution in [3.63, 3.8) is 0 Å². The highest BCUT2D eigenvalue weighted by Gasteiger charge is 2.43. The van der Waals surface area contributed by atoms with Crippen LogP contribution in [-0.4, -0.2) is 36.1 Å². The van der Waals surface area contributed by atoms with Gasteiger partial charge >= 0.3 is 0 Å². The van der Waals surface area contributed by atoms with E-state index in [-0.39, 0.29) is 0 Å². The van der Waals surface area contributed by atoms with Gasteiger partial charge in [0.1, 0.15) is 0 Å². The quantitative estimate of drug-likeness (QED) is 0.714. The molecule has 2 fully saturated rings. The molecule has 0 amide bonds. The zero-order chi connectivity index (χ0) is 10.9. The lowest BCUT2D eigenvalue weighted by Gasteiger charge is -2.36. The van der Waals surface area contributed by atoms with E-state index in [9.17, 15) is 0 Å². The maximum atomic E-state index is 3.91. The fourth-order valence-corrected chi connectivity index (χ4v) is 2.70. The zero-order valence-electron chi connectivity index (χ0n) is 10.1. The van der Waals surface area contributed by atoms with Gasteiger partial charge in [-0.1, -0.05) is 6.08 Å². The Kier molecular flexibility index (Phi) is 3.17. The van der Waals surface area contributed by atoms with E-state index in [0.29, 0.717) is 11.6 Å². The average Bonchev–Trinajstić information content (AvgIpc) is 3.02. The summed E-state index contributed by atoms with van der Waals surface area (Å²) in [4.78, 5) is 2.57. The van der Waals surface area contributed by atoms with Gasteiger partial charge in [0, 0.05) is 18.1 Å². The van der Waals surface area contributed by atoms with E-state index in [2.05, 4.69) is 36.7 Å². The van der Waals surface area contributed by atoms with Gasteiger partial charge in [0.2, 0.25) is 0 Å². The van der Waals surface area contributed by atoms with Crippen molar-refractivity contribution in [1.29, 1.82) is 0 Å². The summed E-state index contributed by atoms with van der Waals surface area (Å²) in [5, 5.41) is 3.75. The minimum Gasteiger partial charge on any atom is -0.310 e. The molecule has 15 heavy (non-hydrogen) atoms. The summed E-state index contributed by atoms with van der Waals surface area (Å²) in [6, 6.07) is 0.517. The van der Waals surface area contributed by atoms with Gasteiger partial charge in [-0.15, -0.1) is 6.58 Å². The second-order valence-electron chi connectivity index (χ2n) is 5.42. The molecule has 1 heterocycles. The molecule has 0 spiro atoms. The standard InChI is InChI=1S/C13H24N2/c1-4-11(2)15-9-5-8-14-13(3,10-15)12-6-7-12/h4,11-12,14H,1,5-10H2,2-3H3. The predicted octanol–water partition coefficient (Wildman–Crippen LogP) is 2.02. The van der Waals surface area contributed by atoms with Crippen molar-refractivity contribution in [3.05, 3.63) is 12.7 Å². The van der Waals surface area contributed by atoms with Gasteiger partial charge in [-0.3, -0.25) is 4.90 Å². The number of hydrogen-bond acceptors (Lipinski definition) is 2. The molecule has 0 radical (unpaired) electrons. The molecule has 1 N–H and O–H groups in total. The first-order chi connectivity index (χ1) is 7.15. The lowest BCUT2D eigenvalue weighted by molar-refractivity contribution is 0.180. The summed E-state index contributed by atoms with van der Waals surface area (Å²) in [6.07, 6.45) is 6.17. The molecular weight excluding hydrogens is 184 g/mol. The van der Waals surface area contributed by atoms with Crippen LogP contribution in [0.3, 0.4) is 0 Å². The largest absolute Gasteiger partial charge is 0.310 e. The third kappa shape index (κ3) is 2.43. The fourth-order valence-electron chi connectivity index (χ4n) is 2.70. The highest BCUT2D eigenvalue weighted by atomic mass is 15.2. The molecule has 0 bridgehead atoms. The molecule has 1 saturated heterocycles. The van der Waals surface area contributed by atoms with Crippen LogP contribution >= 0.6 is 0 Å². The van der Waals surface area contributed by atoms with E-state index in [1.807, 2.05) is 0 Å². The van der Waals surface area contributed by atoms with Gasteiger partial charge in [-0.25, -0.2) is 0 Å². The number of rotatable bonds is 3. The van der Waals surface area contributed by atoms with Gasteiger partial charge in [0.15, 0.2) is 0 Å². The molecule has 0 aromatic rings. The Balaban J connectivity index is 2.04. The Bertz CT molecular complexity index is 235. The van der Waals surface area contributed by atoms with Crippen LogP contribution in [0.5, 0.6) is 0 Å². The van der Waals surface area contributed by atoms with Crippen molar-refractivity contribution in [2.24, 2.45) is 5.92 Å². The molecule has 2 rings (SSSR count). The Morgan fingerprint density at radius 1 is 1.53 bits per heavy atom. The minimum atomic E-state index is 0.355. The Hall–Kier alpha value is -0.340. The predicted molar refractivity (Wildman–Crippen MR) is 65.0 cm³/mol. The molecule has 2 heteroatoms. The maximum absolute atomic E-state index is 3.91. The molecule has 0 aromatic carbocycles. The van der Waals surface area contributed by atoms with Gasteiger partial charge in [-0.05, 0) is 52.1 Å². The maximum Gasteiger partial charge on any atom is 0.0308 e. The first-order valence-electron chi connectivity index (χ1n) is 6.27. The van der Waals surface area contributed by atoms with E-state index in [1.54, 1.807) is 0 Å². The van der Waals surface area contributed by atoms with Crippen LogP contribution in [0.4, 0.5) is 0 Å². The molecule has 0 aromatic heterocycles. The van der Waals surface area contributed by atoms with Crippen molar-refractivity contribution in [2.45, 2.75) is 44.7 Å². The van der Waals surface area contributed by atoms with E-state index in [4.69, 9.17) is 0 Å². The topological polar surface area (TPSA) is 15.3 Å². The molecule has 2 unspecified atom stereocenters. The number of nitrogens with one attached hydrogen (secondary N) is 1. The molecule has 1 aliphatic heterocycles. The second kappa shape index (κ2) is 4.26. The van der Waals surface area contributed by atoms with Crippen molar-refractivity contribution in [1.82, 2.24) is 10.2 Å². The summed E-state index contributed by atoms with van der Waals surface area (Å²) in [5.74, 6) is 0.912. The summed E-state index contributed by atoms with van der Waals surface area (Å²) in [5.41, 5.74) is 0.355. The van der Waals surface area contributed by atoms with Crippen LogP contribution in [0, 0.1) is 5.92 Å². The second-order valence-corrected chi connectivity index (χ2v) is 5.42. The highest BCUT2D eigenvalue weighted by molar-refractivity contribution is 5.02. The number of nitrogens with zero attached hydrogens (tertiary/aromatic N) is 1. The lowest BCUT2D eigenvalue weighted by Crippen LogP contribution is -2.52. The zero-order valence-corrected chi connectivity index (χ0v) is 10.1. The average molecular weight is 208 g/mol. The molecule has 1 saturated carbocycles. The van der Waals surface area contributed by atoms with E-state index >= 15 is 0 Å². The van der Waals surface area contributed by atoms with Crippen LogP contribution < -0.4 is 5.32 Å². The molecule has 1 aliphatic carbocycles. The van der Waals surface area contributed by atoms with E-state index in [0.717, 1.165) is 5.92 Å². The third-order valence-corrected chi connectivity index (χ3v) is 4.08.